The zero-order valence-electron chi connectivity index (χ0n) is 12.0. The third kappa shape index (κ3) is 3.52. The minimum Gasteiger partial charge on any atom is -0.479 e. The van der Waals surface area contributed by atoms with Crippen LogP contribution in [0.3, 0.4) is 0 Å². The van der Waals surface area contributed by atoms with E-state index in [-0.39, 0.29) is 13.0 Å². The first-order valence-electron chi connectivity index (χ1n) is 7.01. The van der Waals surface area contributed by atoms with Gasteiger partial charge < -0.3 is 20.5 Å². The fraction of sp³-hybridized carbons (Fsp3) is 0.467. The molecule has 1 aliphatic rings. The van der Waals surface area contributed by atoms with Crippen LogP contribution in [0.25, 0.3) is 0 Å². The minimum absolute atomic E-state index is 0.00129. The van der Waals surface area contributed by atoms with Crippen molar-refractivity contribution in [3.05, 3.63) is 35.4 Å². The molecule has 114 valence electrons. The molecule has 6 nitrogen and oxygen atoms in total. The Labute approximate surface area is 123 Å². The van der Waals surface area contributed by atoms with Crippen LogP contribution in [-0.4, -0.2) is 35.9 Å². The molecular weight excluding hydrogens is 272 g/mol. The number of carbonyl (C=O) groups excluding carboxylic acids is 1. The lowest BCUT2D eigenvalue weighted by Gasteiger charge is -2.24. The number of urea groups is 1. The number of aliphatic carboxylic acids is 1. The number of rotatable bonds is 5. The second kappa shape index (κ2) is 6.58. The molecule has 6 heteroatoms. The van der Waals surface area contributed by atoms with Crippen molar-refractivity contribution >= 4 is 12.0 Å². The van der Waals surface area contributed by atoms with Gasteiger partial charge in [0.1, 0.15) is 0 Å². The van der Waals surface area contributed by atoms with E-state index in [9.17, 15) is 14.7 Å². The highest BCUT2D eigenvalue weighted by Gasteiger charge is 2.43. The van der Waals surface area contributed by atoms with Gasteiger partial charge in [0, 0.05) is 19.6 Å². The van der Waals surface area contributed by atoms with Crippen LogP contribution in [0.2, 0.25) is 0 Å². The number of nitrogens with one attached hydrogen (secondary N) is 2. The molecule has 0 bridgehead atoms. The average molecular weight is 292 g/mol. The summed E-state index contributed by atoms with van der Waals surface area (Å²) < 4.78 is 5.10. The number of aryl methyl sites for hydroxylation is 1. The van der Waals surface area contributed by atoms with Crippen molar-refractivity contribution in [1.29, 1.82) is 0 Å². The van der Waals surface area contributed by atoms with Gasteiger partial charge in [0.05, 0.1) is 6.61 Å². The fourth-order valence-corrected chi connectivity index (χ4v) is 2.40. The third-order valence-corrected chi connectivity index (χ3v) is 3.72. The Morgan fingerprint density at radius 3 is 2.62 bits per heavy atom. The molecule has 1 aliphatic heterocycles. The summed E-state index contributed by atoms with van der Waals surface area (Å²) in [5.41, 5.74) is 0.881. The van der Waals surface area contributed by atoms with E-state index < -0.39 is 17.5 Å². The monoisotopic (exact) mass is 292 g/mol. The van der Waals surface area contributed by atoms with Gasteiger partial charge in [-0.2, -0.15) is 0 Å². The molecule has 0 radical (unpaired) electrons. The number of amides is 2. The average Bonchev–Trinajstić information content (AvgIpc) is 2.95. The van der Waals surface area contributed by atoms with Gasteiger partial charge >= 0.3 is 12.0 Å². The smallest absolute Gasteiger partial charge is 0.332 e. The van der Waals surface area contributed by atoms with Crippen LogP contribution in [0.4, 0.5) is 4.79 Å². The lowest BCUT2D eigenvalue weighted by molar-refractivity contribution is -0.144. The maximum absolute atomic E-state index is 11.9. The number of ether oxygens (including phenoxy) is 1. The number of benzene rings is 1. The van der Waals surface area contributed by atoms with Gasteiger partial charge in [-0.25, -0.2) is 9.59 Å². The third-order valence-electron chi connectivity index (χ3n) is 3.72. The Morgan fingerprint density at radius 2 is 2.05 bits per heavy atom. The van der Waals surface area contributed by atoms with Gasteiger partial charge in [-0.1, -0.05) is 31.2 Å². The largest absolute Gasteiger partial charge is 0.479 e. The molecular formula is C15H20N2O4. The summed E-state index contributed by atoms with van der Waals surface area (Å²) in [5, 5.41) is 14.5. The lowest BCUT2D eigenvalue weighted by atomic mass is 9.99. The molecule has 21 heavy (non-hydrogen) atoms. The quantitative estimate of drug-likeness (QED) is 0.763. The Balaban J connectivity index is 1.94. The van der Waals surface area contributed by atoms with Crippen LogP contribution in [0.5, 0.6) is 0 Å². The molecule has 0 aromatic heterocycles. The van der Waals surface area contributed by atoms with Crippen LogP contribution in [-0.2, 0) is 22.5 Å². The van der Waals surface area contributed by atoms with Gasteiger partial charge in [0.15, 0.2) is 5.54 Å². The number of carboxylic acid groups (broad SMARTS) is 1. The van der Waals surface area contributed by atoms with Crippen molar-refractivity contribution in [1.82, 2.24) is 10.6 Å². The highest BCUT2D eigenvalue weighted by atomic mass is 16.5. The molecule has 2 amide bonds. The van der Waals surface area contributed by atoms with Crippen molar-refractivity contribution in [2.24, 2.45) is 0 Å². The van der Waals surface area contributed by atoms with Crippen molar-refractivity contribution in [2.75, 3.05) is 13.2 Å². The Morgan fingerprint density at radius 1 is 1.33 bits per heavy atom. The van der Waals surface area contributed by atoms with E-state index in [0.717, 1.165) is 17.5 Å². The van der Waals surface area contributed by atoms with Crippen LogP contribution >= 0.6 is 0 Å². The van der Waals surface area contributed by atoms with E-state index in [1.165, 1.54) is 0 Å². The molecule has 1 atom stereocenters. The van der Waals surface area contributed by atoms with E-state index in [0.29, 0.717) is 13.2 Å². The summed E-state index contributed by atoms with van der Waals surface area (Å²) in [6.45, 7) is 2.76. The summed E-state index contributed by atoms with van der Waals surface area (Å²) in [6.07, 6.45) is 1.16. The lowest BCUT2D eigenvalue weighted by Crippen LogP contribution is -2.57. The van der Waals surface area contributed by atoms with Crippen LogP contribution in [0.15, 0.2) is 24.3 Å². The first-order valence-corrected chi connectivity index (χ1v) is 7.01. The first kappa shape index (κ1) is 15.3. The van der Waals surface area contributed by atoms with Gasteiger partial charge in [-0.3, -0.25) is 0 Å². The molecule has 1 aromatic carbocycles. The van der Waals surface area contributed by atoms with Crippen molar-refractivity contribution < 1.29 is 19.4 Å². The minimum atomic E-state index is -1.31. The van der Waals surface area contributed by atoms with Gasteiger partial charge in [0.25, 0.3) is 0 Å². The van der Waals surface area contributed by atoms with E-state index in [4.69, 9.17) is 4.74 Å². The molecule has 0 aliphatic carbocycles. The molecule has 1 unspecified atom stereocenters. The van der Waals surface area contributed by atoms with E-state index in [2.05, 4.69) is 10.6 Å². The molecule has 3 N–H and O–H groups in total. The predicted octanol–water partition coefficient (Wildman–Crippen LogP) is 1.29. The maximum atomic E-state index is 11.9. The number of hydrogen-bond acceptors (Lipinski definition) is 3. The van der Waals surface area contributed by atoms with Gasteiger partial charge in [-0.15, -0.1) is 0 Å². The highest BCUT2D eigenvalue weighted by molar-refractivity contribution is 5.86. The van der Waals surface area contributed by atoms with E-state index in [1.807, 2.05) is 31.2 Å². The Kier molecular flexibility index (Phi) is 4.80. The summed E-state index contributed by atoms with van der Waals surface area (Å²) in [5.74, 6) is -1.07. The molecule has 0 saturated carbocycles. The summed E-state index contributed by atoms with van der Waals surface area (Å²) in [4.78, 5) is 23.3. The molecule has 1 fully saturated rings. The van der Waals surface area contributed by atoms with Crippen LogP contribution < -0.4 is 10.6 Å². The summed E-state index contributed by atoms with van der Waals surface area (Å²) >= 11 is 0. The second-order valence-corrected chi connectivity index (χ2v) is 5.12. The Hall–Kier alpha value is -2.08. The predicted molar refractivity (Wildman–Crippen MR) is 77.0 cm³/mol. The number of carbonyl (C=O) groups is 2. The summed E-state index contributed by atoms with van der Waals surface area (Å²) in [7, 11) is 0. The molecule has 2 rings (SSSR count). The van der Waals surface area contributed by atoms with Gasteiger partial charge in [-0.05, 0) is 17.5 Å². The second-order valence-electron chi connectivity index (χ2n) is 5.12. The zero-order chi connectivity index (χ0) is 15.3. The number of carboxylic acids is 1. The van der Waals surface area contributed by atoms with Crippen LogP contribution in [0.1, 0.15) is 24.5 Å². The number of hydrogen-bond donors (Lipinski definition) is 3. The van der Waals surface area contributed by atoms with Crippen molar-refractivity contribution in [3.63, 3.8) is 0 Å². The molecule has 0 spiro atoms. The van der Waals surface area contributed by atoms with Crippen LogP contribution in [0, 0.1) is 0 Å². The SMILES string of the molecule is CCc1ccccc1CNC(=O)NC1(C(=O)O)CCOC1. The van der Waals surface area contributed by atoms with Crippen molar-refractivity contribution in [3.8, 4) is 0 Å². The van der Waals surface area contributed by atoms with Gasteiger partial charge in [0.2, 0.25) is 0 Å². The molecule has 1 saturated heterocycles. The van der Waals surface area contributed by atoms with Crippen molar-refractivity contribution in [2.45, 2.75) is 31.8 Å². The Bertz CT molecular complexity index is 524. The zero-order valence-corrected chi connectivity index (χ0v) is 12.0. The van der Waals surface area contributed by atoms with E-state index in [1.54, 1.807) is 0 Å². The molecule has 1 aromatic rings. The standard InChI is InChI=1S/C15H20N2O4/c1-2-11-5-3-4-6-12(11)9-16-14(20)17-15(13(18)19)7-8-21-10-15/h3-6H,2,7-10H2,1H3,(H,18,19)(H2,16,17,20). The fourth-order valence-electron chi connectivity index (χ4n) is 2.40. The maximum Gasteiger partial charge on any atom is 0.332 e. The molecule has 1 heterocycles. The topological polar surface area (TPSA) is 87.7 Å². The first-order chi connectivity index (χ1) is 10.1. The summed E-state index contributed by atoms with van der Waals surface area (Å²) in [6, 6.07) is 7.34. The normalized spacial score (nSPS) is 21.0. The highest BCUT2D eigenvalue weighted by Crippen LogP contribution is 2.18. The van der Waals surface area contributed by atoms with E-state index >= 15 is 0 Å².